The lowest BCUT2D eigenvalue weighted by Crippen LogP contribution is -2.36. The number of hydrogen-bond acceptors (Lipinski definition) is 6. The number of rotatable bonds is 8. The summed E-state index contributed by atoms with van der Waals surface area (Å²) in [6, 6.07) is 0. The Balaban J connectivity index is -0.000000136. The minimum atomic E-state index is 0.0938. The summed E-state index contributed by atoms with van der Waals surface area (Å²) in [5.74, 6) is 0. The second-order valence-electron chi connectivity index (χ2n) is 7.15. The number of unbranched alkanes of at least 4 members (excludes halogenated alkanes) is 1. The van der Waals surface area contributed by atoms with Crippen LogP contribution in [0, 0.1) is 0 Å². The third-order valence-corrected chi connectivity index (χ3v) is 4.19. The second kappa shape index (κ2) is 42.8. The van der Waals surface area contributed by atoms with Crippen molar-refractivity contribution in [2.24, 2.45) is 0 Å². The molecule has 2 aliphatic rings. The number of hydrogen-bond donors (Lipinski definition) is 4. The summed E-state index contributed by atoms with van der Waals surface area (Å²) in [7, 11) is 1.62. The van der Waals surface area contributed by atoms with Crippen LogP contribution in [0.5, 0.6) is 0 Å². The molecule has 188 valence electrons. The molecule has 6 nitrogen and oxygen atoms in total. The van der Waals surface area contributed by atoms with Crippen LogP contribution < -0.4 is 0 Å². The van der Waals surface area contributed by atoms with Gasteiger partial charge in [-0.2, -0.15) is 0 Å². The minimum Gasteiger partial charge on any atom is -0.396 e. The summed E-state index contributed by atoms with van der Waals surface area (Å²) in [4.78, 5) is 2.43. The largest absolute Gasteiger partial charge is 0.396 e. The normalized spacial score (nSPS) is 13.9. The maximum atomic E-state index is 8.12. The first kappa shape index (κ1) is 37.1. The molecule has 0 aromatic heterocycles. The molecule has 2 fully saturated rings. The van der Waals surface area contributed by atoms with Gasteiger partial charge < -0.3 is 30.1 Å². The summed E-state index contributed by atoms with van der Waals surface area (Å²) >= 11 is 0. The fourth-order valence-corrected chi connectivity index (χ4v) is 1.86. The van der Waals surface area contributed by atoms with Crippen molar-refractivity contribution in [1.29, 1.82) is 0 Å². The van der Waals surface area contributed by atoms with E-state index in [0.717, 1.165) is 12.8 Å². The van der Waals surface area contributed by atoms with Gasteiger partial charge >= 0.3 is 0 Å². The molecule has 4 N–H and O–H groups in total. The zero-order valence-electron chi connectivity index (χ0n) is 21.1. The number of methoxy groups -OCH3 is 1. The lowest BCUT2D eigenvalue weighted by molar-refractivity contribution is 0.166. The minimum absolute atomic E-state index is 0.0938. The molecule has 0 unspecified atom stereocenters. The Morgan fingerprint density at radius 3 is 1.07 bits per heavy atom. The highest BCUT2D eigenvalue weighted by molar-refractivity contribution is 4.64. The molecule has 30 heavy (non-hydrogen) atoms. The third-order valence-electron chi connectivity index (χ3n) is 4.19. The summed E-state index contributed by atoms with van der Waals surface area (Å²) in [6.45, 7) is 13.8. The molecule has 0 aromatic carbocycles. The van der Waals surface area contributed by atoms with Crippen LogP contribution in [-0.4, -0.2) is 85.1 Å². The average Bonchev–Trinajstić information content (AvgIpc) is 3.33. The molecule has 1 aliphatic carbocycles. The summed E-state index contributed by atoms with van der Waals surface area (Å²) in [6.07, 6.45) is 13.7. The topological polar surface area (TPSA) is 93.4 Å². The maximum Gasteiger partial charge on any atom is 0.0484 e. The lowest BCUT2D eigenvalue weighted by atomic mass is 10.2. The number of nitrogens with zero attached hydrogens (tertiary/aromatic N) is 1. The smallest absolute Gasteiger partial charge is 0.0484 e. The van der Waals surface area contributed by atoms with E-state index in [-0.39, 0.29) is 19.8 Å². The van der Waals surface area contributed by atoms with Gasteiger partial charge in [0.15, 0.2) is 0 Å². The number of ether oxygens (including phenoxy) is 1. The van der Waals surface area contributed by atoms with Crippen molar-refractivity contribution in [2.45, 2.75) is 98.3 Å². The zero-order valence-corrected chi connectivity index (χ0v) is 21.1. The van der Waals surface area contributed by atoms with E-state index in [1.54, 1.807) is 7.11 Å². The van der Waals surface area contributed by atoms with Crippen molar-refractivity contribution in [3.63, 3.8) is 0 Å². The maximum absolute atomic E-state index is 8.12. The van der Waals surface area contributed by atoms with E-state index < -0.39 is 0 Å². The highest BCUT2D eigenvalue weighted by atomic mass is 16.5. The molecule has 0 spiro atoms. The summed E-state index contributed by atoms with van der Waals surface area (Å²) < 4.78 is 4.62. The van der Waals surface area contributed by atoms with Crippen molar-refractivity contribution in [1.82, 2.24) is 4.90 Å². The Labute approximate surface area is 188 Å². The molecule has 1 saturated carbocycles. The van der Waals surface area contributed by atoms with E-state index in [9.17, 15) is 0 Å². The molecule has 0 aromatic rings. The van der Waals surface area contributed by atoms with Crippen LogP contribution in [0.3, 0.4) is 0 Å². The second-order valence-corrected chi connectivity index (χ2v) is 7.15. The number of aliphatic hydroxyl groups is 4. The van der Waals surface area contributed by atoms with E-state index in [1.807, 2.05) is 6.92 Å². The molecule has 0 radical (unpaired) electrons. The van der Waals surface area contributed by atoms with E-state index in [4.69, 9.17) is 20.4 Å². The molecule has 0 amide bonds. The first-order valence-corrected chi connectivity index (χ1v) is 12.2. The van der Waals surface area contributed by atoms with Crippen LogP contribution in [0.2, 0.25) is 0 Å². The van der Waals surface area contributed by atoms with Gasteiger partial charge in [0, 0.05) is 40.1 Å². The Bertz CT molecular complexity index is 201. The van der Waals surface area contributed by atoms with Crippen LogP contribution >= 0.6 is 0 Å². The van der Waals surface area contributed by atoms with Gasteiger partial charge in [0.05, 0.1) is 0 Å². The molecule has 2 rings (SSSR count). The SMILES string of the molecule is C1CCCC1.CCCC.CCCO.CCN1CCC1.COCCCO.OCCCO. The van der Waals surface area contributed by atoms with Crippen molar-refractivity contribution < 1.29 is 25.2 Å². The van der Waals surface area contributed by atoms with Crippen LogP contribution in [0.4, 0.5) is 0 Å². The summed E-state index contributed by atoms with van der Waals surface area (Å²) in [5, 5.41) is 31.8. The molecular formula is C24H57NO5. The van der Waals surface area contributed by atoms with Gasteiger partial charge in [0.25, 0.3) is 0 Å². The van der Waals surface area contributed by atoms with Crippen molar-refractivity contribution in [3.05, 3.63) is 0 Å². The quantitative estimate of drug-likeness (QED) is 0.423. The van der Waals surface area contributed by atoms with Gasteiger partial charge in [0.1, 0.15) is 0 Å². The lowest BCUT2D eigenvalue weighted by Gasteiger charge is -2.28. The Kier molecular flexibility index (Phi) is 52.9. The van der Waals surface area contributed by atoms with Crippen molar-refractivity contribution in [3.8, 4) is 0 Å². The molecule has 6 heteroatoms. The Hall–Kier alpha value is -0.240. The van der Waals surface area contributed by atoms with E-state index in [2.05, 4.69) is 30.4 Å². The monoisotopic (exact) mass is 439 g/mol. The van der Waals surface area contributed by atoms with Crippen LogP contribution in [0.25, 0.3) is 0 Å². The van der Waals surface area contributed by atoms with E-state index >= 15 is 0 Å². The van der Waals surface area contributed by atoms with Gasteiger partial charge in [-0.25, -0.2) is 0 Å². The number of aliphatic hydroxyl groups excluding tert-OH is 4. The fourth-order valence-electron chi connectivity index (χ4n) is 1.86. The highest BCUT2D eigenvalue weighted by Gasteiger charge is 2.08. The molecule has 0 bridgehead atoms. The van der Waals surface area contributed by atoms with E-state index in [1.165, 1.54) is 71.0 Å². The first-order chi connectivity index (χ1) is 14.6. The van der Waals surface area contributed by atoms with Crippen molar-refractivity contribution >= 4 is 0 Å². The molecule has 1 heterocycles. The zero-order chi connectivity index (χ0) is 23.7. The standard InChI is InChI=1S/C5H11N.C5H10.C4H10O2.C4H10.C3H8O2.C3H8O/c1-2-6-4-3-5-6;1-2-4-5-3-1;1-6-4-2-3-5;1-3-4-2;4-2-1-3-5;1-2-3-4/h2-5H2,1H3;1-5H2;5H,2-4H2,1H3;3-4H2,1-2H3;4-5H,1-3H2;4H,2-3H2,1H3. The van der Waals surface area contributed by atoms with Crippen LogP contribution in [0.1, 0.15) is 98.3 Å². The predicted molar refractivity (Wildman–Crippen MR) is 130 cm³/mol. The summed E-state index contributed by atoms with van der Waals surface area (Å²) in [5.41, 5.74) is 0. The van der Waals surface area contributed by atoms with Gasteiger partial charge in [-0.3, -0.25) is 0 Å². The van der Waals surface area contributed by atoms with Crippen LogP contribution in [0.15, 0.2) is 0 Å². The fraction of sp³-hybridized carbons (Fsp3) is 1.00. The highest BCUT2D eigenvalue weighted by Crippen LogP contribution is 2.15. The average molecular weight is 440 g/mol. The van der Waals surface area contributed by atoms with Crippen LogP contribution in [-0.2, 0) is 4.74 Å². The first-order valence-electron chi connectivity index (χ1n) is 12.2. The third kappa shape index (κ3) is 50.9. The molecule has 1 saturated heterocycles. The Morgan fingerprint density at radius 1 is 0.600 bits per heavy atom. The molecule has 1 aliphatic heterocycles. The van der Waals surface area contributed by atoms with Gasteiger partial charge in [-0.15, -0.1) is 0 Å². The van der Waals surface area contributed by atoms with Gasteiger partial charge in [-0.1, -0.05) is 72.6 Å². The predicted octanol–water partition coefficient (Wildman–Crippen LogP) is 4.23. The number of likely N-dealkylation sites (tertiary alicyclic amines) is 1. The van der Waals surface area contributed by atoms with E-state index in [0.29, 0.717) is 19.6 Å². The van der Waals surface area contributed by atoms with Gasteiger partial charge in [-0.05, 0) is 45.3 Å². The Morgan fingerprint density at radius 2 is 1.00 bits per heavy atom. The molecule has 0 atom stereocenters. The van der Waals surface area contributed by atoms with Gasteiger partial charge in [0.2, 0.25) is 0 Å². The van der Waals surface area contributed by atoms with Crippen molar-refractivity contribution in [2.75, 3.05) is 59.8 Å². The molecular weight excluding hydrogens is 382 g/mol.